The summed E-state index contributed by atoms with van der Waals surface area (Å²) in [7, 11) is 0. The third-order valence-corrected chi connectivity index (χ3v) is 1.92. The van der Waals surface area contributed by atoms with Crippen LogP contribution < -0.4 is 5.43 Å². The number of nitrogens with one attached hydrogen (secondary N) is 1. The van der Waals surface area contributed by atoms with E-state index in [4.69, 9.17) is 0 Å². The molecule has 3 nitrogen and oxygen atoms in total. The van der Waals surface area contributed by atoms with Crippen LogP contribution in [-0.4, -0.2) is 12.1 Å². The van der Waals surface area contributed by atoms with Crippen LogP contribution in [0.5, 0.6) is 0 Å². The summed E-state index contributed by atoms with van der Waals surface area (Å²) in [5.74, 6) is -0.0404. The molecule has 1 aromatic carbocycles. The van der Waals surface area contributed by atoms with Gasteiger partial charge in [0.2, 0.25) is 5.91 Å². The molecule has 0 aliphatic heterocycles. The molecule has 1 rings (SSSR count). The minimum Gasteiger partial charge on any atom is -0.273 e. The first-order valence-corrected chi connectivity index (χ1v) is 5.11. The molecule has 0 aromatic heterocycles. The topological polar surface area (TPSA) is 41.5 Å². The number of carbonyl (C=O) groups is 1. The van der Waals surface area contributed by atoms with Gasteiger partial charge in [0.15, 0.2) is 0 Å². The van der Waals surface area contributed by atoms with Crippen molar-refractivity contribution in [2.75, 3.05) is 0 Å². The second-order valence-electron chi connectivity index (χ2n) is 3.46. The quantitative estimate of drug-likeness (QED) is 0.593. The van der Waals surface area contributed by atoms with Crippen molar-refractivity contribution < 1.29 is 4.79 Å². The fourth-order valence-corrected chi connectivity index (χ4v) is 1.21. The first-order chi connectivity index (χ1) is 7.22. The molecule has 0 aliphatic carbocycles. The number of amides is 1. The van der Waals surface area contributed by atoms with E-state index in [-0.39, 0.29) is 5.91 Å². The van der Waals surface area contributed by atoms with Gasteiger partial charge in [0, 0.05) is 6.42 Å². The molecule has 0 saturated carbocycles. The second kappa shape index (κ2) is 5.96. The Morgan fingerprint density at radius 1 is 1.53 bits per heavy atom. The standard InChI is InChI=1S/C12H16N2O/c1-3-5-12(15)14-13-9-11-7-4-6-10(2)8-11/h4,6-9H,3,5H2,1-2H3,(H,14,15)/b13-9+. The molecule has 0 radical (unpaired) electrons. The monoisotopic (exact) mass is 204 g/mol. The van der Waals surface area contributed by atoms with Crippen LogP contribution in [-0.2, 0) is 4.79 Å². The van der Waals surface area contributed by atoms with Crippen LogP contribution in [0.25, 0.3) is 0 Å². The van der Waals surface area contributed by atoms with E-state index in [1.165, 1.54) is 5.56 Å². The molecule has 80 valence electrons. The number of benzene rings is 1. The van der Waals surface area contributed by atoms with Gasteiger partial charge in [-0.1, -0.05) is 36.8 Å². The molecule has 0 heterocycles. The van der Waals surface area contributed by atoms with Crippen LogP contribution in [0.1, 0.15) is 30.9 Å². The molecule has 0 unspecified atom stereocenters. The Morgan fingerprint density at radius 2 is 2.33 bits per heavy atom. The molecule has 0 fully saturated rings. The molecule has 15 heavy (non-hydrogen) atoms. The van der Waals surface area contributed by atoms with E-state index < -0.39 is 0 Å². The molecule has 0 atom stereocenters. The first kappa shape index (κ1) is 11.4. The SMILES string of the molecule is CCCC(=O)N/N=C/c1cccc(C)c1. The Morgan fingerprint density at radius 3 is 3.00 bits per heavy atom. The highest BCUT2D eigenvalue weighted by atomic mass is 16.2. The Balaban J connectivity index is 2.48. The number of carbonyl (C=O) groups excluding carboxylic acids is 1. The van der Waals surface area contributed by atoms with Crippen LogP contribution in [0.2, 0.25) is 0 Å². The van der Waals surface area contributed by atoms with Crippen molar-refractivity contribution in [2.24, 2.45) is 5.10 Å². The number of nitrogens with zero attached hydrogens (tertiary/aromatic N) is 1. The summed E-state index contributed by atoms with van der Waals surface area (Å²) in [5, 5.41) is 3.88. The summed E-state index contributed by atoms with van der Waals surface area (Å²) in [6, 6.07) is 7.94. The van der Waals surface area contributed by atoms with Gasteiger partial charge in [0.05, 0.1) is 6.21 Å². The van der Waals surface area contributed by atoms with Crippen LogP contribution in [0.15, 0.2) is 29.4 Å². The van der Waals surface area contributed by atoms with Gasteiger partial charge in [-0.05, 0) is 18.9 Å². The van der Waals surface area contributed by atoms with E-state index in [1.807, 2.05) is 38.1 Å². The highest BCUT2D eigenvalue weighted by Gasteiger charge is 1.94. The smallest absolute Gasteiger partial charge is 0.240 e. The Hall–Kier alpha value is -1.64. The summed E-state index contributed by atoms with van der Waals surface area (Å²) in [4.78, 5) is 11.1. The number of rotatable bonds is 4. The van der Waals surface area contributed by atoms with Crippen LogP contribution >= 0.6 is 0 Å². The molecule has 0 aliphatic rings. The van der Waals surface area contributed by atoms with Gasteiger partial charge < -0.3 is 0 Å². The maximum Gasteiger partial charge on any atom is 0.240 e. The van der Waals surface area contributed by atoms with E-state index >= 15 is 0 Å². The van der Waals surface area contributed by atoms with Crippen molar-refractivity contribution in [3.63, 3.8) is 0 Å². The Labute approximate surface area is 90.2 Å². The largest absolute Gasteiger partial charge is 0.273 e. The van der Waals surface area contributed by atoms with Crippen molar-refractivity contribution >= 4 is 12.1 Å². The lowest BCUT2D eigenvalue weighted by Gasteiger charge is -1.97. The first-order valence-electron chi connectivity index (χ1n) is 5.11. The maximum atomic E-state index is 11.1. The number of hydrogen-bond donors (Lipinski definition) is 1. The number of hydrazone groups is 1. The lowest BCUT2D eigenvalue weighted by molar-refractivity contribution is -0.121. The predicted octanol–water partition coefficient (Wildman–Crippen LogP) is 2.25. The lowest BCUT2D eigenvalue weighted by Crippen LogP contribution is -2.16. The normalized spacial score (nSPS) is 10.5. The molecule has 1 amide bonds. The van der Waals surface area contributed by atoms with E-state index in [0.717, 1.165) is 12.0 Å². The Kier molecular flexibility index (Phi) is 4.54. The highest BCUT2D eigenvalue weighted by molar-refractivity contribution is 5.82. The third kappa shape index (κ3) is 4.40. The highest BCUT2D eigenvalue weighted by Crippen LogP contribution is 2.00. The van der Waals surface area contributed by atoms with Crippen LogP contribution in [0.4, 0.5) is 0 Å². The van der Waals surface area contributed by atoms with Crippen LogP contribution in [0.3, 0.4) is 0 Å². The molecule has 1 N–H and O–H groups in total. The summed E-state index contributed by atoms with van der Waals surface area (Å²) in [5.41, 5.74) is 4.65. The summed E-state index contributed by atoms with van der Waals surface area (Å²) >= 11 is 0. The van der Waals surface area contributed by atoms with Gasteiger partial charge in [-0.2, -0.15) is 5.10 Å². The fraction of sp³-hybridized carbons (Fsp3) is 0.333. The van der Waals surface area contributed by atoms with Gasteiger partial charge in [-0.3, -0.25) is 4.79 Å². The van der Waals surface area contributed by atoms with E-state index in [0.29, 0.717) is 6.42 Å². The zero-order valence-corrected chi connectivity index (χ0v) is 9.16. The summed E-state index contributed by atoms with van der Waals surface area (Å²) in [6.07, 6.45) is 3.01. The van der Waals surface area contributed by atoms with E-state index in [9.17, 15) is 4.79 Å². The van der Waals surface area contributed by atoms with Crippen molar-refractivity contribution in [2.45, 2.75) is 26.7 Å². The minimum atomic E-state index is -0.0404. The molecular weight excluding hydrogens is 188 g/mol. The minimum absolute atomic E-state index is 0.0404. The van der Waals surface area contributed by atoms with Gasteiger partial charge in [0.25, 0.3) is 0 Å². The lowest BCUT2D eigenvalue weighted by atomic mass is 10.2. The van der Waals surface area contributed by atoms with Crippen molar-refractivity contribution in [1.82, 2.24) is 5.43 Å². The molecule has 3 heteroatoms. The summed E-state index contributed by atoms with van der Waals surface area (Å²) in [6.45, 7) is 3.98. The van der Waals surface area contributed by atoms with Crippen molar-refractivity contribution in [3.05, 3.63) is 35.4 Å². The number of aryl methyl sites for hydroxylation is 1. The molecule has 1 aromatic rings. The predicted molar refractivity (Wildman–Crippen MR) is 61.8 cm³/mol. The maximum absolute atomic E-state index is 11.1. The van der Waals surface area contributed by atoms with Crippen molar-refractivity contribution in [1.29, 1.82) is 0 Å². The Bertz CT molecular complexity index is 358. The van der Waals surface area contributed by atoms with E-state index in [1.54, 1.807) is 6.21 Å². The van der Waals surface area contributed by atoms with Gasteiger partial charge >= 0.3 is 0 Å². The second-order valence-corrected chi connectivity index (χ2v) is 3.46. The molecule has 0 spiro atoms. The van der Waals surface area contributed by atoms with Gasteiger partial charge in [-0.25, -0.2) is 5.43 Å². The van der Waals surface area contributed by atoms with Gasteiger partial charge in [-0.15, -0.1) is 0 Å². The molecular formula is C12H16N2O. The van der Waals surface area contributed by atoms with Crippen molar-refractivity contribution in [3.8, 4) is 0 Å². The average Bonchev–Trinajstić information content (AvgIpc) is 2.18. The number of hydrogen-bond acceptors (Lipinski definition) is 2. The molecule has 0 bridgehead atoms. The summed E-state index contributed by atoms with van der Waals surface area (Å²) < 4.78 is 0. The van der Waals surface area contributed by atoms with Crippen LogP contribution in [0, 0.1) is 6.92 Å². The fourth-order valence-electron chi connectivity index (χ4n) is 1.21. The zero-order chi connectivity index (χ0) is 11.1. The molecule has 0 saturated heterocycles. The third-order valence-electron chi connectivity index (χ3n) is 1.92. The van der Waals surface area contributed by atoms with Gasteiger partial charge in [0.1, 0.15) is 0 Å². The van der Waals surface area contributed by atoms with E-state index in [2.05, 4.69) is 10.5 Å². The zero-order valence-electron chi connectivity index (χ0n) is 9.16. The average molecular weight is 204 g/mol.